The first-order valence-electron chi connectivity index (χ1n) is 6.35. The summed E-state index contributed by atoms with van der Waals surface area (Å²) in [6, 6.07) is 4.86. The van der Waals surface area contributed by atoms with E-state index in [0.29, 0.717) is 11.0 Å². The van der Waals surface area contributed by atoms with Crippen LogP contribution in [0.5, 0.6) is 0 Å². The van der Waals surface area contributed by atoms with Gasteiger partial charge in [0.25, 0.3) is 0 Å². The summed E-state index contributed by atoms with van der Waals surface area (Å²) in [4.78, 5) is 4.14. The van der Waals surface area contributed by atoms with Crippen LogP contribution >= 0.6 is 38.0 Å². The van der Waals surface area contributed by atoms with Gasteiger partial charge in [0.2, 0.25) is 5.82 Å². The third-order valence-corrected chi connectivity index (χ3v) is 11.0. The van der Waals surface area contributed by atoms with Crippen molar-refractivity contribution in [2.75, 3.05) is 28.2 Å². The summed E-state index contributed by atoms with van der Waals surface area (Å²) in [5.41, 5.74) is 0.707. The molecule has 122 valence electrons. The Morgan fingerprint density at radius 2 is 1.83 bits per heavy atom. The van der Waals surface area contributed by atoms with Gasteiger partial charge >= 0.3 is 14.8 Å². The topological polar surface area (TPSA) is 82.2 Å². The normalized spacial score (nSPS) is 15.0. The molecule has 2 unspecified atom stereocenters. The van der Waals surface area contributed by atoms with E-state index in [2.05, 4.69) is 4.98 Å². The van der Waals surface area contributed by atoms with Crippen LogP contribution in [0.1, 0.15) is 5.82 Å². The number of fused-ring (bicyclic) bond motifs is 1. The molecular weight excluding hydrogens is 379 g/mol. The minimum atomic E-state index is -3.68. The Morgan fingerprint density at radius 3 is 2.30 bits per heavy atom. The van der Waals surface area contributed by atoms with Crippen LogP contribution in [-0.4, -0.2) is 46.9 Å². The van der Waals surface area contributed by atoms with E-state index in [9.17, 15) is 14.4 Å². The molecule has 0 radical (unpaired) electrons. The van der Waals surface area contributed by atoms with Crippen LogP contribution < -0.4 is 0 Å². The van der Waals surface area contributed by atoms with Crippen molar-refractivity contribution in [2.45, 2.75) is 0 Å². The predicted octanol–water partition coefficient (Wildman–Crippen LogP) is 4.04. The van der Waals surface area contributed by atoms with Crippen molar-refractivity contribution < 1.29 is 9.13 Å². The van der Waals surface area contributed by atoms with Crippen LogP contribution in [0.2, 0.25) is 10.0 Å². The molecule has 0 N–H and O–H groups in total. The first-order chi connectivity index (χ1) is 10.6. The largest absolute Gasteiger partial charge is 0.526 e. The third kappa shape index (κ3) is 2.92. The summed E-state index contributed by atoms with van der Waals surface area (Å²) in [7, 11) is 0.200. The molecule has 23 heavy (non-hydrogen) atoms. The maximum absolute atomic E-state index is 13.6. The highest BCUT2D eigenvalue weighted by Gasteiger charge is 2.53. The fraction of sp³-hybridized carbons (Fsp3) is 0.333. The SMILES string of the molecule is CN(C)[P+](=O)P(=O)(N(C)C)n1c(C#N)nc2cc(Cl)c(Cl)cc21. The molecule has 0 aliphatic rings. The summed E-state index contributed by atoms with van der Waals surface area (Å²) in [5, 5.41) is 9.88. The average Bonchev–Trinajstić information content (AvgIpc) is 2.83. The number of hydrogen-bond acceptors (Lipinski definition) is 4. The molecule has 1 aromatic carbocycles. The van der Waals surface area contributed by atoms with Gasteiger partial charge in [0.1, 0.15) is 6.07 Å². The van der Waals surface area contributed by atoms with E-state index in [1.165, 1.54) is 25.8 Å². The van der Waals surface area contributed by atoms with Gasteiger partial charge in [-0.25, -0.2) is 18.6 Å². The number of benzene rings is 1. The second kappa shape index (κ2) is 6.49. The highest BCUT2D eigenvalue weighted by molar-refractivity contribution is 8.24. The van der Waals surface area contributed by atoms with Gasteiger partial charge in [-0.05, 0) is 30.8 Å². The summed E-state index contributed by atoms with van der Waals surface area (Å²) < 4.78 is 30.3. The summed E-state index contributed by atoms with van der Waals surface area (Å²) in [6.45, 7) is 0. The maximum atomic E-state index is 13.6. The number of nitriles is 1. The summed E-state index contributed by atoms with van der Waals surface area (Å²) in [6.07, 6.45) is 0. The molecule has 2 aromatic rings. The zero-order valence-corrected chi connectivity index (χ0v) is 16.2. The van der Waals surface area contributed by atoms with Gasteiger partial charge in [0, 0.05) is 14.1 Å². The van der Waals surface area contributed by atoms with E-state index in [0.717, 1.165) is 0 Å². The van der Waals surface area contributed by atoms with E-state index >= 15 is 0 Å². The highest BCUT2D eigenvalue weighted by Crippen LogP contribution is 2.72. The molecular formula is C12H14Cl2N5O2P2+. The van der Waals surface area contributed by atoms with E-state index in [-0.39, 0.29) is 15.9 Å². The predicted molar refractivity (Wildman–Crippen MR) is 92.5 cm³/mol. The molecule has 11 heteroatoms. The number of hydrogen-bond donors (Lipinski definition) is 0. The molecule has 0 fully saturated rings. The van der Waals surface area contributed by atoms with Crippen LogP contribution in [0, 0.1) is 11.3 Å². The number of aromatic nitrogens is 2. The summed E-state index contributed by atoms with van der Waals surface area (Å²) >= 11 is 12.0. The van der Waals surface area contributed by atoms with Crippen molar-refractivity contribution in [3.8, 4) is 6.07 Å². The number of imidazole rings is 1. The molecule has 0 saturated carbocycles. The number of rotatable bonds is 4. The van der Waals surface area contributed by atoms with Crippen molar-refractivity contribution in [2.24, 2.45) is 0 Å². The fourth-order valence-electron chi connectivity index (χ4n) is 2.04. The quantitative estimate of drug-likeness (QED) is 0.730. The van der Waals surface area contributed by atoms with Gasteiger partial charge in [-0.15, -0.1) is 0 Å². The average molecular weight is 393 g/mol. The van der Waals surface area contributed by atoms with Crippen LogP contribution in [0.4, 0.5) is 0 Å². The zero-order chi connectivity index (χ0) is 17.5. The number of nitrogens with zero attached hydrogens (tertiary/aromatic N) is 5. The fourth-order valence-corrected chi connectivity index (χ4v) is 7.73. The van der Waals surface area contributed by atoms with Gasteiger partial charge in [-0.3, -0.25) is 0 Å². The molecule has 0 aliphatic carbocycles. The van der Waals surface area contributed by atoms with Crippen LogP contribution in [0.15, 0.2) is 12.1 Å². The molecule has 2 atom stereocenters. The molecule has 0 saturated heterocycles. The molecule has 0 spiro atoms. The Bertz CT molecular complexity index is 888. The van der Waals surface area contributed by atoms with Crippen molar-refractivity contribution in [1.82, 2.24) is 18.7 Å². The highest BCUT2D eigenvalue weighted by atomic mass is 35.5. The molecule has 1 heterocycles. The van der Waals surface area contributed by atoms with E-state index in [4.69, 9.17) is 23.2 Å². The second-order valence-corrected chi connectivity index (χ2v) is 12.0. The number of halogens is 2. The molecule has 2 rings (SSSR count). The maximum Gasteiger partial charge on any atom is 0.526 e. The van der Waals surface area contributed by atoms with Gasteiger partial charge < -0.3 is 0 Å². The van der Waals surface area contributed by atoms with Crippen LogP contribution in [-0.2, 0) is 9.13 Å². The van der Waals surface area contributed by atoms with Gasteiger partial charge in [0.15, 0.2) is 0 Å². The van der Waals surface area contributed by atoms with E-state index in [1.54, 1.807) is 28.2 Å². The lowest BCUT2D eigenvalue weighted by molar-refractivity contribution is 0.502. The van der Waals surface area contributed by atoms with Crippen molar-refractivity contribution in [3.63, 3.8) is 0 Å². The lowest BCUT2D eigenvalue weighted by Crippen LogP contribution is -2.17. The van der Waals surface area contributed by atoms with Gasteiger partial charge in [0.05, 0.1) is 21.1 Å². The smallest absolute Gasteiger partial charge is 0.225 e. The Kier molecular flexibility index (Phi) is 5.18. The van der Waals surface area contributed by atoms with Crippen LogP contribution in [0.25, 0.3) is 11.0 Å². The van der Waals surface area contributed by atoms with Crippen molar-refractivity contribution >= 4 is 49.0 Å². The molecule has 0 aliphatic heterocycles. The van der Waals surface area contributed by atoms with Gasteiger partial charge in [-0.1, -0.05) is 27.9 Å². The van der Waals surface area contributed by atoms with Crippen LogP contribution in [0.3, 0.4) is 0 Å². The Balaban J connectivity index is 2.94. The lowest BCUT2D eigenvalue weighted by Gasteiger charge is -2.18. The minimum Gasteiger partial charge on any atom is -0.225 e. The Morgan fingerprint density at radius 1 is 1.26 bits per heavy atom. The first kappa shape index (κ1) is 18.4. The monoisotopic (exact) mass is 392 g/mol. The second-order valence-electron chi connectivity index (χ2n) is 5.07. The van der Waals surface area contributed by atoms with E-state index in [1.807, 2.05) is 6.07 Å². The van der Waals surface area contributed by atoms with Gasteiger partial charge in [-0.2, -0.15) is 5.26 Å². The van der Waals surface area contributed by atoms with Crippen molar-refractivity contribution in [1.29, 1.82) is 5.26 Å². The lowest BCUT2D eigenvalue weighted by atomic mass is 10.3. The standard InChI is InChI=1S/C12H14Cl2N5O2P2/c1-17(2)22(20)23(21,18(3)4)19-11-6-9(14)8(13)5-10(11)16-12(19)7-15/h5-6H,1-4H3/q+1. The Hall–Kier alpha value is -0.990. The van der Waals surface area contributed by atoms with Crippen molar-refractivity contribution in [3.05, 3.63) is 28.0 Å². The zero-order valence-electron chi connectivity index (χ0n) is 12.9. The minimum absolute atomic E-state index is 0.111. The molecule has 7 nitrogen and oxygen atoms in total. The third-order valence-electron chi connectivity index (χ3n) is 3.12. The van der Waals surface area contributed by atoms with E-state index < -0.39 is 14.8 Å². The molecule has 1 aromatic heterocycles. The Labute approximate surface area is 144 Å². The first-order valence-corrected chi connectivity index (χ1v) is 10.6. The molecule has 0 bridgehead atoms. The summed E-state index contributed by atoms with van der Waals surface area (Å²) in [5.74, 6) is -0.111. The molecule has 0 amide bonds.